The highest BCUT2D eigenvalue weighted by Gasteiger charge is 2.19. The lowest BCUT2D eigenvalue weighted by Crippen LogP contribution is -2.41. The summed E-state index contributed by atoms with van der Waals surface area (Å²) in [5.74, 6) is -0.0484. The molecule has 0 radical (unpaired) electrons. The Hall–Kier alpha value is -1.97. The number of rotatable bonds is 8. The van der Waals surface area contributed by atoms with Crippen molar-refractivity contribution in [2.24, 2.45) is 5.92 Å². The highest BCUT2D eigenvalue weighted by Crippen LogP contribution is 2.16. The molecule has 4 N–H and O–H groups in total. The molecule has 2 amide bonds. The lowest BCUT2D eigenvalue weighted by atomic mass is 10.0. The number of hydrogen-bond donors (Lipinski definition) is 4. The molecule has 0 aromatic heterocycles. The minimum absolute atomic E-state index is 0.0552. The molecule has 1 aromatic carbocycles. The fourth-order valence-electron chi connectivity index (χ4n) is 2.78. The van der Waals surface area contributed by atoms with Crippen molar-refractivity contribution in [3.8, 4) is 0 Å². The van der Waals surface area contributed by atoms with Crippen molar-refractivity contribution in [3.63, 3.8) is 0 Å². The molecule has 2 rings (SSSR count). The molecule has 1 aliphatic rings. The fourth-order valence-corrected chi connectivity index (χ4v) is 3.56. The molecular weight excluding hydrogens is 356 g/mol. The van der Waals surface area contributed by atoms with Gasteiger partial charge >= 0.3 is 0 Å². The summed E-state index contributed by atoms with van der Waals surface area (Å²) >= 11 is 0. The number of nitrogens with one attached hydrogen (secondary N) is 4. The Kier molecular flexibility index (Phi) is 7.13. The van der Waals surface area contributed by atoms with Gasteiger partial charge in [0.1, 0.15) is 6.04 Å². The Balaban J connectivity index is 1.86. The maximum absolute atomic E-state index is 12.2. The van der Waals surface area contributed by atoms with E-state index in [1.54, 1.807) is 19.1 Å². The van der Waals surface area contributed by atoms with Gasteiger partial charge in [-0.05, 0) is 64.0 Å². The summed E-state index contributed by atoms with van der Waals surface area (Å²) in [4.78, 5) is 24.3. The summed E-state index contributed by atoms with van der Waals surface area (Å²) < 4.78 is 25.8. The summed E-state index contributed by atoms with van der Waals surface area (Å²) in [5, 5.41) is 8.56. The summed E-state index contributed by atoms with van der Waals surface area (Å²) in [7, 11) is -2.27. The Morgan fingerprint density at radius 1 is 1.35 bits per heavy atom. The fraction of sp³-hybridized carbons (Fsp3) is 0.529. The first-order valence-corrected chi connectivity index (χ1v) is 10.1. The molecule has 1 aliphatic heterocycles. The van der Waals surface area contributed by atoms with Crippen molar-refractivity contribution in [1.82, 2.24) is 15.4 Å². The van der Waals surface area contributed by atoms with Crippen molar-refractivity contribution >= 4 is 27.5 Å². The molecule has 1 heterocycles. The van der Waals surface area contributed by atoms with E-state index < -0.39 is 22.0 Å². The Morgan fingerprint density at radius 2 is 2.12 bits per heavy atom. The zero-order chi connectivity index (χ0) is 19.2. The summed E-state index contributed by atoms with van der Waals surface area (Å²) in [5.41, 5.74) is 0.351. The smallest absolute Gasteiger partial charge is 0.246 e. The third-order valence-electron chi connectivity index (χ3n) is 4.39. The van der Waals surface area contributed by atoms with Gasteiger partial charge in [0.2, 0.25) is 21.8 Å². The van der Waals surface area contributed by atoms with Crippen molar-refractivity contribution in [2.45, 2.75) is 37.1 Å². The van der Waals surface area contributed by atoms with Gasteiger partial charge in [0.05, 0.1) is 4.90 Å². The zero-order valence-electron chi connectivity index (χ0n) is 15.0. The Morgan fingerprint density at radius 3 is 2.77 bits per heavy atom. The second-order valence-corrected chi connectivity index (χ2v) is 8.30. The molecule has 26 heavy (non-hydrogen) atoms. The summed E-state index contributed by atoms with van der Waals surface area (Å²) in [6, 6.07) is 5.22. The molecule has 1 fully saturated rings. The van der Waals surface area contributed by atoms with Gasteiger partial charge in [0.15, 0.2) is 0 Å². The van der Waals surface area contributed by atoms with Crippen molar-refractivity contribution in [3.05, 3.63) is 24.3 Å². The molecule has 2 unspecified atom stereocenters. The lowest BCUT2D eigenvalue weighted by molar-refractivity contribution is -0.126. The normalized spacial score (nSPS) is 18.3. The van der Waals surface area contributed by atoms with Crippen LogP contribution >= 0.6 is 0 Å². The van der Waals surface area contributed by atoms with Crippen LogP contribution in [-0.4, -0.2) is 46.4 Å². The van der Waals surface area contributed by atoms with E-state index in [4.69, 9.17) is 0 Å². The predicted octanol–water partition coefficient (Wildman–Crippen LogP) is 0.428. The molecule has 8 nitrogen and oxygen atoms in total. The number of hydrogen-bond acceptors (Lipinski definition) is 5. The van der Waals surface area contributed by atoms with Crippen LogP contribution in [0.3, 0.4) is 0 Å². The quantitative estimate of drug-likeness (QED) is 0.520. The Bertz CT molecular complexity index is 745. The van der Waals surface area contributed by atoms with Crippen LogP contribution in [0, 0.1) is 5.92 Å². The first-order valence-electron chi connectivity index (χ1n) is 8.66. The number of carbonyl (C=O) groups excluding carboxylic acids is 2. The van der Waals surface area contributed by atoms with Crippen LogP contribution in [0.5, 0.6) is 0 Å². The first kappa shape index (κ1) is 20.3. The third kappa shape index (κ3) is 5.79. The van der Waals surface area contributed by atoms with Crippen molar-refractivity contribution in [1.29, 1.82) is 0 Å². The monoisotopic (exact) mass is 382 g/mol. The molecule has 0 spiro atoms. The minimum Gasteiger partial charge on any atom is -0.345 e. The van der Waals surface area contributed by atoms with Crippen molar-refractivity contribution < 1.29 is 18.0 Å². The standard InChI is InChI=1S/C17H26N4O4S/c1-12(20-16(22)7-6-13-8-9-19-11-13)17(23)21-14-4-3-5-15(10-14)26(24,25)18-2/h3-5,10,12-13,18-19H,6-9,11H2,1-2H3,(H,20,22)(H,21,23). The maximum Gasteiger partial charge on any atom is 0.246 e. The summed E-state index contributed by atoms with van der Waals surface area (Å²) in [6.45, 7) is 3.53. The second kappa shape index (κ2) is 9.11. The SMILES string of the molecule is CNS(=O)(=O)c1cccc(NC(=O)C(C)NC(=O)CCC2CCNC2)c1. The van der Waals surface area contributed by atoms with Crippen LogP contribution < -0.4 is 20.7 Å². The zero-order valence-corrected chi connectivity index (χ0v) is 15.9. The molecule has 1 saturated heterocycles. The number of sulfonamides is 1. The van der Waals surface area contributed by atoms with E-state index in [1.165, 1.54) is 19.2 Å². The highest BCUT2D eigenvalue weighted by atomic mass is 32.2. The highest BCUT2D eigenvalue weighted by molar-refractivity contribution is 7.89. The lowest BCUT2D eigenvalue weighted by Gasteiger charge is -2.15. The van der Waals surface area contributed by atoms with Crippen LogP contribution in [0.4, 0.5) is 5.69 Å². The average Bonchev–Trinajstić information content (AvgIpc) is 3.13. The topological polar surface area (TPSA) is 116 Å². The molecule has 144 valence electrons. The number of benzene rings is 1. The molecule has 0 saturated carbocycles. The van der Waals surface area contributed by atoms with Gasteiger partial charge in [-0.1, -0.05) is 6.07 Å². The average molecular weight is 382 g/mol. The van der Waals surface area contributed by atoms with Gasteiger partial charge in [0, 0.05) is 12.1 Å². The second-order valence-electron chi connectivity index (χ2n) is 6.41. The number of carbonyl (C=O) groups is 2. The Labute approximate surface area is 154 Å². The van der Waals surface area contributed by atoms with Crippen LogP contribution in [0.2, 0.25) is 0 Å². The number of anilines is 1. The molecule has 0 bridgehead atoms. The van der Waals surface area contributed by atoms with Gasteiger partial charge in [0.25, 0.3) is 0 Å². The maximum atomic E-state index is 12.2. The van der Waals surface area contributed by atoms with E-state index >= 15 is 0 Å². The van der Waals surface area contributed by atoms with E-state index in [0.29, 0.717) is 18.0 Å². The molecule has 9 heteroatoms. The molecule has 2 atom stereocenters. The van der Waals surface area contributed by atoms with Gasteiger partial charge < -0.3 is 16.0 Å². The van der Waals surface area contributed by atoms with Crippen molar-refractivity contribution in [2.75, 3.05) is 25.5 Å². The van der Waals surface area contributed by atoms with E-state index in [0.717, 1.165) is 25.9 Å². The molecule has 1 aromatic rings. The van der Waals surface area contributed by atoms with Gasteiger partial charge in [-0.15, -0.1) is 0 Å². The predicted molar refractivity (Wildman–Crippen MR) is 99.1 cm³/mol. The molecular formula is C17H26N4O4S. The van der Waals surface area contributed by atoms with Crippen LogP contribution in [0.1, 0.15) is 26.2 Å². The third-order valence-corrected chi connectivity index (χ3v) is 5.81. The van der Waals surface area contributed by atoms with Gasteiger partial charge in [-0.3, -0.25) is 9.59 Å². The van der Waals surface area contributed by atoms with E-state index in [9.17, 15) is 18.0 Å². The van der Waals surface area contributed by atoms with E-state index in [1.807, 2.05) is 0 Å². The van der Waals surface area contributed by atoms with Gasteiger partial charge in [-0.25, -0.2) is 13.1 Å². The molecule has 0 aliphatic carbocycles. The van der Waals surface area contributed by atoms with E-state index in [-0.39, 0.29) is 10.8 Å². The van der Waals surface area contributed by atoms with E-state index in [2.05, 4.69) is 20.7 Å². The first-order chi connectivity index (χ1) is 12.3. The van der Waals surface area contributed by atoms with Crippen LogP contribution in [-0.2, 0) is 19.6 Å². The largest absolute Gasteiger partial charge is 0.345 e. The van der Waals surface area contributed by atoms with Crippen LogP contribution in [0.25, 0.3) is 0 Å². The minimum atomic E-state index is -3.59. The van der Waals surface area contributed by atoms with Crippen LogP contribution in [0.15, 0.2) is 29.2 Å². The number of amides is 2. The van der Waals surface area contributed by atoms with Gasteiger partial charge in [-0.2, -0.15) is 0 Å². The summed E-state index contributed by atoms with van der Waals surface area (Å²) in [6.07, 6.45) is 2.27.